The van der Waals surface area contributed by atoms with Crippen molar-refractivity contribution >= 4 is 24.3 Å². The Bertz CT molecular complexity index is 540. The van der Waals surface area contributed by atoms with Gasteiger partial charge in [0.1, 0.15) is 11.5 Å². The number of ketones is 1. The van der Waals surface area contributed by atoms with Crippen molar-refractivity contribution in [2.24, 2.45) is 5.92 Å². The molecule has 1 saturated carbocycles. The Morgan fingerprint density at radius 2 is 2.14 bits per heavy atom. The maximum Gasteiger partial charge on any atom is 0.163 e. The molecule has 0 saturated heterocycles. The summed E-state index contributed by atoms with van der Waals surface area (Å²) in [5.74, 6) is 1.03. The molecule has 0 radical (unpaired) electrons. The van der Waals surface area contributed by atoms with Gasteiger partial charge in [0.25, 0.3) is 0 Å². The Labute approximate surface area is 131 Å². The van der Waals surface area contributed by atoms with E-state index in [0.717, 1.165) is 25.0 Å². The average molecular weight is 312 g/mol. The van der Waals surface area contributed by atoms with E-state index in [9.17, 15) is 9.90 Å². The highest BCUT2D eigenvalue weighted by atomic mass is 35.5. The second-order valence-corrected chi connectivity index (χ2v) is 5.46. The van der Waals surface area contributed by atoms with Crippen molar-refractivity contribution in [3.05, 3.63) is 29.3 Å². The van der Waals surface area contributed by atoms with Crippen LogP contribution in [0.2, 0.25) is 0 Å². The van der Waals surface area contributed by atoms with E-state index in [1.54, 1.807) is 31.4 Å². The number of allylic oxidation sites excluding steroid dienone is 1. The predicted molar refractivity (Wildman–Crippen MR) is 86.2 cm³/mol. The molecule has 1 N–H and O–H groups in total. The number of Topliss-reactive ketones (excluding diaryl/α,β-unsaturated/α-hetero) is 1. The highest BCUT2D eigenvalue weighted by molar-refractivity contribution is 6.03. The van der Waals surface area contributed by atoms with Gasteiger partial charge in [-0.05, 0) is 50.7 Å². The summed E-state index contributed by atoms with van der Waals surface area (Å²) in [6.07, 6.45) is 3.47. The van der Waals surface area contributed by atoms with Gasteiger partial charge in [-0.25, -0.2) is 0 Å². The lowest BCUT2D eigenvalue weighted by Gasteiger charge is -2.13. The minimum Gasteiger partial charge on any atom is -0.507 e. The van der Waals surface area contributed by atoms with E-state index in [2.05, 4.69) is 0 Å². The first-order chi connectivity index (χ1) is 9.51. The fraction of sp³-hybridized carbons (Fsp3) is 0.438. The molecule has 1 aromatic rings. The normalized spacial score (nSPS) is 19.9. The summed E-state index contributed by atoms with van der Waals surface area (Å²) in [5.41, 5.74) is 1.47. The van der Waals surface area contributed by atoms with E-state index in [1.165, 1.54) is 0 Å². The van der Waals surface area contributed by atoms with Crippen LogP contribution >= 0.6 is 12.4 Å². The number of aromatic hydroxyl groups is 1. The first kappa shape index (κ1) is 17.5. The lowest BCUT2D eigenvalue weighted by molar-refractivity contribution is -0.118. The van der Waals surface area contributed by atoms with Crippen molar-refractivity contribution in [2.75, 3.05) is 27.7 Å². The number of carbonyl (C=O) groups is 1. The maximum atomic E-state index is 12.3. The van der Waals surface area contributed by atoms with Gasteiger partial charge in [0.2, 0.25) is 0 Å². The number of methoxy groups -OCH3 is 1. The molecule has 0 heterocycles. The number of hydrogen-bond donors (Lipinski definition) is 1. The quantitative estimate of drug-likeness (QED) is 0.869. The van der Waals surface area contributed by atoms with E-state index in [-0.39, 0.29) is 29.9 Å². The second kappa shape index (κ2) is 7.48. The summed E-state index contributed by atoms with van der Waals surface area (Å²) in [6, 6.07) is 5.11. The number of halogens is 1. The molecule has 0 bridgehead atoms. The van der Waals surface area contributed by atoms with Crippen LogP contribution in [0.15, 0.2) is 23.8 Å². The largest absolute Gasteiger partial charge is 0.507 e. The molecule has 4 nitrogen and oxygen atoms in total. The topological polar surface area (TPSA) is 49.8 Å². The number of nitrogens with zero attached hydrogens (tertiary/aromatic N) is 1. The molecule has 0 amide bonds. The monoisotopic (exact) mass is 311 g/mol. The zero-order valence-corrected chi connectivity index (χ0v) is 13.4. The molecule has 0 aliphatic heterocycles. The molecule has 1 atom stereocenters. The molecule has 1 aliphatic rings. The van der Waals surface area contributed by atoms with Gasteiger partial charge in [0.15, 0.2) is 5.78 Å². The van der Waals surface area contributed by atoms with Crippen molar-refractivity contribution in [3.63, 3.8) is 0 Å². The van der Waals surface area contributed by atoms with Crippen LogP contribution < -0.4 is 4.74 Å². The lowest BCUT2D eigenvalue weighted by Crippen LogP contribution is -2.24. The van der Waals surface area contributed by atoms with Gasteiger partial charge >= 0.3 is 0 Å². The maximum absolute atomic E-state index is 12.3. The molecule has 1 aromatic carbocycles. The van der Waals surface area contributed by atoms with Crippen molar-refractivity contribution in [1.29, 1.82) is 0 Å². The van der Waals surface area contributed by atoms with Gasteiger partial charge < -0.3 is 14.7 Å². The number of phenolic OH excluding ortho intramolecular Hbond substituents is 1. The molecule has 1 unspecified atom stereocenters. The number of rotatable bonds is 4. The third kappa shape index (κ3) is 4.22. The fourth-order valence-corrected chi connectivity index (χ4v) is 2.56. The molecule has 21 heavy (non-hydrogen) atoms. The molecule has 1 aliphatic carbocycles. The van der Waals surface area contributed by atoms with E-state index in [0.29, 0.717) is 11.3 Å². The Hall–Kier alpha value is -1.52. The SMILES string of the molecule is COc1ccc(C=C2CCC(CN(C)C)C2=O)c(O)c1.Cl. The van der Waals surface area contributed by atoms with Crippen LogP contribution in [0.4, 0.5) is 0 Å². The predicted octanol–water partition coefficient (Wildman–Crippen LogP) is 2.75. The molecular formula is C16H22ClNO3. The van der Waals surface area contributed by atoms with Crippen molar-refractivity contribution in [1.82, 2.24) is 4.90 Å². The third-order valence-corrected chi connectivity index (χ3v) is 3.60. The smallest absolute Gasteiger partial charge is 0.163 e. The first-order valence-corrected chi connectivity index (χ1v) is 6.77. The summed E-state index contributed by atoms with van der Waals surface area (Å²) in [7, 11) is 5.51. The highest BCUT2D eigenvalue weighted by Gasteiger charge is 2.29. The summed E-state index contributed by atoms with van der Waals surface area (Å²) in [4.78, 5) is 14.3. The van der Waals surface area contributed by atoms with Gasteiger partial charge in [-0.15, -0.1) is 12.4 Å². The first-order valence-electron chi connectivity index (χ1n) is 6.77. The highest BCUT2D eigenvalue weighted by Crippen LogP contribution is 2.31. The van der Waals surface area contributed by atoms with Crippen molar-refractivity contribution in [2.45, 2.75) is 12.8 Å². The lowest BCUT2D eigenvalue weighted by atomic mass is 10.0. The second-order valence-electron chi connectivity index (χ2n) is 5.46. The van der Waals surface area contributed by atoms with Gasteiger partial charge in [-0.1, -0.05) is 0 Å². The molecule has 0 spiro atoms. The Morgan fingerprint density at radius 1 is 1.43 bits per heavy atom. The Morgan fingerprint density at radius 3 is 2.71 bits per heavy atom. The molecule has 116 valence electrons. The fourth-order valence-electron chi connectivity index (χ4n) is 2.56. The molecular weight excluding hydrogens is 290 g/mol. The average Bonchev–Trinajstić information content (AvgIpc) is 2.73. The molecule has 5 heteroatoms. The molecule has 1 fully saturated rings. The van der Waals surface area contributed by atoms with Gasteiger partial charge in [0, 0.05) is 24.1 Å². The standard InChI is InChI=1S/C16H21NO3.ClH/c1-17(2)10-13-5-4-12(16(13)19)8-11-6-7-14(20-3)9-15(11)18;/h6-9,13,18H,4-5,10H2,1-3H3;1H. The van der Waals surface area contributed by atoms with Crippen LogP contribution in [0.25, 0.3) is 6.08 Å². The minimum absolute atomic E-state index is 0. The van der Waals surface area contributed by atoms with Crippen LogP contribution in [-0.2, 0) is 4.79 Å². The summed E-state index contributed by atoms with van der Waals surface area (Å²) in [6.45, 7) is 0.783. The van der Waals surface area contributed by atoms with Gasteiger partial charge in [0.05, 0.1) is 7.11 Å². The van der Waals surface area contributed by atoms with E-state index >= 15 is 0 Å². The van der Waals surface area contributed by atoms with Gasteiger partial charge in [-0.2, -0.15) is 0 Å². The van der Waals surface area contributed by atoms with E-state index < -0.39 is 0 Å². The molecule has 0 aromatic heterocycles. The van der Waals surface area contributed by atoms with Crippen LogP contribution in [0, 0.1) is 5.92 Å². The number of hydrogen-bond acceptors (Lipinski definition) is 4. The van der Waals surface area contributed by atoms with Crippen LogP contribution in [0.1, 0.15) is 18.4 Å². The number of phenols is 1. The van der Waals surface area contributed by atoms with Crippen LogP contribution in [0.5, 0.6) is 11.5 Å². The van der Waals surface area contributed by atoms with Gasteiger partial charge in [-0.3, -0.25) is 4.79 Å². The van der Waals surface area contributed by atoms with Crippen molar-refractivity contribution in [3.8, 4) is 11.5 Å². The Balaban J connectivity index is 0.00000220. The summed E-state index contributed by atoms with van der Waals surface area (Å²) in [5, 5.41) is 9.94. The zero-order valence-electron chi connectivity index (χ0n) is 12.6. The number of benzene rings is 1. The summed E-state index contributed by atoms with van der Waals surface area (Å²) >= 11 is 0. The van der Waals surface area contributed by atoms with Crippen LogP contribution in [0.3, 0.4) is 0 Å². The molecule has 2 rings (SSSR count). The summed E-state index contributed by atoms with van der Waals surface area (Å²) < 4.78 is 5.05. The van der Waals surface area contributed by atoms with Crippen LogP contribution in [-0.4, -0.2) is 43.5 Å². The number of carbonyl (C=O) groups excluding carboxylic acids is 1. The van der Waals surface area contributed by atoms with Crippen molar-refractivity contribution < 1.29 is 14.6 Å². The van der Waals surface area contributed by atoms with E-state index in [1.807, 2.05) is 19.0 Å². The third-order valence-electron chi connectivity index (χ3n) is 3.60. The Kier molecular flexibility index (Phi) is 6.24. The zero-order chi connectivity index (χ0) is 14.7. The number of ether oxygens (including phenoxy) is 1. The minimum atomic E-state index is 0. The van der Waals surface area contributed by atoms with E-state index in [4.69, 9.17) is 4.74 Å².